The van der Waals surface area contributed by atoms with E-state index in [1.54, 1.807) is 4.68 Å². The fourth-order valence-electron chi connectivity index (χ4n) is 1.80. The summed E-state index contributed by atoms with van der Waals surface area (Å²) in [5.74, 6) is 0.476. The minimum absolute atomic E-state index is 0.118. The van der Waals surface area contributed by atoms with E-state index in [9.17, 15) is 4.39 Å². The Morgan fingerprint density at radius 1 is 1.14 bits per heavy atom. The Balaban J connectivity index is 1.79. The van der Waals surface area contributed by atoms with Gasteiger partial charge in [0.15, 0.2) is 5.82 Å². The zero-order valence-electron chi connectivity index (χ0n) is 10.8. The van der Waals surface area contributed by atoms with Gasteiger partial charge in [0.2, 0.25) is 0 Å². The van der Waals surface area contributed by atoms with Gasteiger partial charge in [0, 0.05) is 0 Å². The van der Waals surface area contributed by atoms with Crippen molar-refractivity contribution in [3.8, 4) is 11.4 Å². The van der Waals surface area contributed by atoms with Gasteiger partial charge in [-0.05, 0) is 40.8 Å². The third kappa shape index (κ3) is 3.00. The van der Waals surface area contributed by atoms with Gasteiger partial charge in [-0.15, -0.1) is 5.10 Å². The van der Waals surface area contributed by atoms with Crippen molar-refractivity contribution < 1.29 is 9.13 Å². The van der Waals surface area contributed by atoms with Crippen LogP contribution in [0.3, 0.4) is 0 Å². The molecule has 0 atom stereocenters. The molecule has 0 saturated carbocycles. The first-order valence-corrected chi connectivity index (χ1v) is 6.52. The predicted molar refractivity (Wildman–Crippen MR) is 74.9 cm³/mol. The Morgan fingerprint density at radius 2 is 1.95 bits per heavy atom. The number of para-hydroxylation sites is 1. The average molecular weight is 305 g/mol. The summed E-state index contributed by atoms with van der Waals surface area (Å²) in [5, 5.41) is 11.7. The van der Waals surface area contributed by atoms with Crippen molar-refractivity contribution in [2.45, 2.75) is 6.61 Å². The van der Waals surface area contributed by atoms with Crippen molar-refractivity contribution in [3.05, 3.63) is 65.2 Å². The van der Waals surface area contributed by atoms with Crippen molar-refractivity contribution >= 4 is 11.6 Å². The minimum atomic E-state index is -0.415. The highest BCUT2D eigenvalue weighted by Gasteiger charge is 2.10. The van der Waals surface area contributed by atoms with E-state index in [1.165, 1.54) is 18.2 Å². The molecule has 1 heterocycles. The van der Waals surface area contributed by atoms with Crippen molar-refractivity contribution in [2.24, 2.45) is 0 Å². The minimum Gasteiger partial charge on any atom is -0.484 e. The van der Waals surface area contributed by atoms with Crippen LogP contribution in [-0.2, 0) is 6.61 Å². The van der Waals surface area contributed by atoms with E-state index < -0.39 is 5.82 Å². The van der Waals surface area contributed by atoms with Gasteiger partial charge in [0.05, 0.1) is 10.7 Å². The second kappa shape index (κ2) is 5.88. The van der Waals surface area contributed by atoms with Crippen LogP contribution in [0.25, 0.3) is 5.69 Å². The van der Waals surface area contributed by atoms with E-state index in [1.807, 2.05) is 30.3 Å². The molecule has 0 N–H and O–H groups in total. The lowest BCUT2D eigenvalue weighted by atomic mass is 10.3. The number of hydrogen-bond donors (Lipinski definition) is 0. The van der Waals surface area contributed by atoms with Crippen LogP contribution in [0.5, 0.6) is 5.75 Å². The summed E-state index contributed by atoms with van der Waals surface area (Å²) in [4.78, 5) is 0. The molecule has 0 aliphatic rings. The van der Waals surface area contributed by atoms with E-state index in [0.717, 1.165) is 5.69 Å². The normalized spacial score (nSPS) is 10.6. The predicted octanol–water partition coefficient (Wildman–Crippen LogP) is 3.03. The van der Waals surface area contributed by atoms with Crippen molar-refractivity contribution in [1.82, 2.24) is 20.2 Å². The molecular weight excluding hydrogens is 295 g/mol. The third-order valence-electron chi connectivity index (χ3n) is 2.79. The van der Waals surface area contributed by atoms with E-state index in [2.05, 4.69) is 15.5 Å². The molecule has 1 aromatic heterocycles. The number of hydrogen-bond acceptors (Lipinski definition) is 4. The zero-order valence-corrected chi connectivity index (χ0v) is 11.5. The molecule has 0 aliphatic carbocycles. The van der Waals surface area contributed by atoms with Crippen LogP contribution in [0.1, 0.15) is 5.82 Å². The molecule has 3 rings (SSSR count). The second-order valence-corrected chi connectivity index (χ2v) is 4.61. The number of tetrazole rings is 1. The van der Waals surface area contributed by atoms with E-state index in [-0.39, 0.29) is 11.6 Å². The lowest BCUT2D eigenvalue weighted by molar-refractivity contribution is 0.292. The second-order valence-electron chi connectivity index (χ2n) is 4.21. The Bertz CT molecular complexity index is 748. The maximum atomic E-state index is 13.0. The fraction of sp³-hybridized carbons (Fsp3) is 0.0714. The van der Waals surface area contributed by atoms with Crippen LogP contribution < -0.4 is 4.74 Å². The van der Waals surface area contributed by atoms with Gasteiger partial charge in [0.1, 0.15) is 18.2 Å². The molecule has 0 saturated heterocycles. The van der Waals surface area contributed by atoms with Gasteiger partial charge in [-0.25, -0.2) is 4.39 Å². The van der Waals surface area contributed by atoms with E-state index in [4.69, 9.17) is 16.3 Å². The van der Waals surface area contributed by atoms with Crippen LogP contribution in [0.4, 0.5) is 4.39 Å². The SMILES string of the molecule is Fc1ccc(OCc2nnnn2-c2ccccc2)c(Cl)c1. The highest BCUT2D eigenvalue weighted by atomic mass is 35.5. The first kappa shape index (κ1) is 13.5. The van der Waals surface area contributed by atoms with Crippen molar-refractivity contribution in [1.29, 1.82) is 0 Å². The molecule has 0 unspecified atom stereocenters. The Hall–Kier alpha value is -2.47. The molecule has 0 fully saturated rings. The van der Waals surface area contributed by atoms with Gasteiger partial charge in [0.25, 0.3) is 0 Å². The molecule has 0 bridgehead atoms. The average Bonchev–Trinajstić information content (AvgIpc) is 2.96. The smallest absolute Gasteiger partial charge is 0.194 e. The molecule has 3 aromatic rings. The number of aromatic nitrogens is 4. The van der Waals surface area contributed by atoms with Gasteiger partial charge in [-0.2, -0.15) is 4.68 Å². The molecular formula is C14H10ClFN4O. The zero-order chi connectivity index (χ0) is 14.7. The van der Waals surface area contributed by atoms with Crippen LogP contribution >= 0.6 is 11.6 Å². The van der Waals surface area contributed by atoms with Crippen LogP contribution in [0.15, 0.2) is 48.5 Å². The van der Waals surface area contributed by atoms with Crippen LogP contribution in [0.2, 0.25) is 5.02 Å². The molecule has 0 aliphatic heterocycles. The van der Waals surface area contributed by atoms with Crippen molar-refractivity contribution in [3.63, 3.8) is 0 Å². The number of rotatable bonds is 4. The molecule has 21 heavy (non-hydrogen) atoms. The topological polar surface area (TPSA) is 52.8 Å². The molecule has 0 spiro atoms. The van der Waals surface area contributed by atoms with E-state index in [0.29, 0.717) is 11.6 Å². The molecule has 5 nitrogen and oxygen atoms in total. The number of halogens is 2. The van der Waals surface area contributed by atoms with Crippen molar-refractivity contribution in [2.75, 3.05) is 0 Å². The molecule has 7 heteroatoms. The summed E-state index contributed by atoms with van der Waals surface area (Å²) in [6.45, 7) is 0.118. The molecule has 0 amide bonds. The fourth-order valence-corrected chi connectivity index (χ4v) is 2.02. The highest BCUT2D eigenvalue weighted by molar-refractivity contribution is 6.32. The number of ether oxygens (including phenoxy) is 1. The van der Waals surface area contributed by atoms with E-state index >= 15 is 0 Å². The summed E-state index contributed by atoms with van der Waals surface area (Å²) in [7, 11) is 0. The summed E-state index contributed by atoms with van der Waals surface area (Å²) >= 11 is 5.90. The summed E-state index contributed by atoms with van der Waals surface area (Å²) in [5.41, 5.74) is 0.825. The highest BCUT2D eigenvalue weighted by Crippen LogP contribution is 2.25. The molecule has 0 radical (unpaired) electrons. The van der Waals surface area contributed by atoms with Crippen LogP contribution in [0, 0.1) is 5.82 Å². The summed E-state index contributed by atoms with van der Waals surface area (Å²) in [6.07, 6.45) is 0. The van der Waals surface area contributed by atoms with Crippen LogP contribution in [-0.4, -0.2) is 20.2 Å². The maximum absolute atomic E-state index is 13.0. The number of nitrogens with zero attached hydrogens (tertiary/aromatic N) is 4. The van der Waals surface area contributed by atoms with Gasteiger partial charge in [-0.3, -0.25) is 0 Å². The standard InChI is InChI=1S/C14H10ClFN4O/c15-12-8-10(16)6-7-13(12)21-9-14-17-18-19-20(14)11-4-2-1-3-5-11/h1-8H,9H2. The Morgan fingerprint density at radius 3 is 2.71 bits per heavy atom. The number of benzene rings is 2. The lowest BCUT2D eigenvalue weighted by Crippen LogP contribution is -2.07. The van der Waals surface area contributed by atoms with Gasteiger partial charge in [-0.1, -0.05) is 29.8 Å². The first-order valence-electron chi connectivity index (χ1n) is 6.14. The van der Waals surface area contributed by atoms with Gasteiger partial charge < -0.3 is 4.74 Å². The third-order valence-corrected chi connectivity index (χ3v) is 3.08. The Labute approximate surface area is 124 Å². The monoisotopic (exact) mass is 304 g/mol. The summed E-state index contributed by atoms with van der Waals surface area (Å²) < 4.78 is 20.1. The summed E-state index contributed by atoms with van der Waals surface area (Å²) in [6, 6.07) is 13.4. The Kier molecular flexibility index (Phi) is 3.79. The molecule has 2 aromatic carbocycles. The molecule has 106 valence electrons. The maximum Gasteiger partial charge on any atom is 0.194 e. The largest absolute Gasteiger partial charge is 0.484 e. The van der Waals surface area contributed by atoms with Gasteiger partial charge >= 0.3 is 0 Å². The lowest BCUT2D eigenvalue weighted by Gasteiger charge is -2.08. The first-order chi connectivity index (χ1) is 10.2. The quantitative estimate of drug-likeness (QED) is 0.743.